The van der Waals surface area contributed by atoms with Crippen LogP contribution in [0.3, 0.4) is 0 Å². The highest BCUT2D eigenvalue weighted by atomic mass is 32.2. The Labute approximate surface area is 120 Å². The topological polar surface area (TPSA) is 55.8 Å². The molecule has 1 fully saturated rings. The summed E-state index contributed by atoms with van der Waals surface area (Å²) in [5.74, 6) is -1.17. The zero-order chi connectivity index (χ0) is 14.8. The van der Waals surface area contributed by atoms with Gasteiger partial charge < -0.3 is 9.47 Å². The van der Waals surface area contributed by atoms with E-state index in [0.29, 0.717) is 26.2 Å². The minimum absolute atomic E-state index is 0.270. The van der Waals surface area contributed by atoms with Crippen LogP contribution in [0.2, 0.25) is 0 Å². The largest absolute Gasteiger partial charge is 0.337 e. The van der Waals surface area contributed by atoms with Crippen LogP contribution in [-0.2, 0) is 19.5 Å². The van der Waals surface area contributed by atoms with Gasteiger partial charge >= 0.3 is 0 Å². The van der Waals surface area contributed by atoms with Crippen LogP contribution in [0.1, 0.15) is 25.8 Å². The van der Waals surface area contributed by atoms with E-state index < -0.39 is 15.9 Å². The predicted molar refractivity (Wildman–Crippen MR) is 75.7 cm³/mol. The lowest BCUT2D eigenvalue weighted by Crippen LogP contribution is -2.49. The van der Waals surface area contributed by atoms with Gasteiger partial charge in [-0.15, -0.1) is 4.31 Å². The van der Waals surface area contributed by atoms with Gasteiger partial charge in [-0.3, -0.25) is 0 Å². The molecule has 1 aromatic rings. The maximum absolute atomic E-state index is 12.8. The highest BCUT2D eigenvalue weighted by Gasteiger charge is 2.49. The molecule has 1 saturated heterocycles. The van der Waals surface area contributed by atoms with Crippen LogP contribution in [0.15, 0.2) is 29.2 Å². The van der Waals surface area contributed by atoms with E-state index in [-0.39, 0.29) is 4.90 Å². The summed E-state index contributed by atoms with van der Waals surface area (Å²) in [5.41, 5.74) is 1.02. The van der Waals surface area contributed by atoms with E-state index in [9.17, 15) is 8.42 Å². The van der Waals surface area contributed by atoms with Crippen molar-refractivity contribution in [1.29, 1.82) is 0 Å². The number of aryl methyl sites for hydroxylation is 1. The van der Waals surface area contributed by atoms with Gasteiger partial charge in [0.15, 0.2) is 0 Å². The number of ether oxygens (including phenoxy) is 2. The van der Waals surface area contributed by atoms with Crippen molar-refractivity contribution >= 4 is 10.0 Å². The highest BCUT2D eigenvalue weighted by molar-refractivity contribution is 7.89. The van der Waals surface area contributed by atoms with Crippen molar-refractivity contribution in [2.75, 3.05) is 19.8 Å². The predicted octanol–water partition coefficient (Wildman–Crippen LogP) is 2.12. The molecule has 0 N–H and O–H groups in total. The molecule has 0 amide bonds. The molecular weight excluding hydrogens is 278 g/mol. The van der Waals surface area contributed by atoms with E-state index in [0.717, 1.165) is 5.56 Å². The number of nitrogens with zero attached hydrogens (tertiary/aromatic N) is 1. The lowest BCUT2D eigenvalue weighted by Gasteiger charge is -2.34. The second kappa shape index (κ2) is 5.81. The molecule has 1 aliphatic heterocycles. The summed E-state index contributed by atoms with van der Waals surface area (Å²) in [6, 6.07) is 6.82. The molecule has 1 heterocycles. The van der Waals surface area contributed by atoms with Gasteiger partial charge in [0.05, 0.1) is 11.5 Å². The van der Waals surface area contributed by atoms with Crippen LogP contribution in [0.4, 0.5) is 0 Å². The Morgan fingerprint density at radius 3 is 2.50 bits per heavy atom. The molecule has 5 nitrogen and oxygen atoms in total. The quantitative estimate of drug-likeness (QED) is 0.835. The standard InChI is InChI=1S/C14H21NO4S/c1-4-14(18-5-2)15(10-11-19-14)20(16,17)13-8-6-12(3)7-9-13/h6-9H,4-5,10-11H2,1-3H3. The minimum Gasteiger partial charge on any atom is -0.337 e. The Kier molecular flexibility index (Phi) is 4.49. The van der Waals surface area contributed by atoms with Gasteiger partial charge in [-0.25, -0.2) is 8.42 Å². The molecule has 0 bridgehead atoms. The van der Waals surface area contributed by atoms with Crippen molar-refractivity contribution in [1.82, 2.24) is 4.31 Å². The zero-order valence-corrected chi connectivity index (χ0v) is 12.9. The maximum Gasteiger partial charge on any atom is 0.247 e. The molecule has 0 radical (unpaired) electrons. The first kappa shape index (κ1) is 15.4. The first-order chi connectivity index (χ1) is 9.46. The van der Waals surface area contributed by atoms with E-state index in [2.05, 4.69) is 0 Å². The van der Waals surface area contributed by atoms with E-state index in [1.165, 1.54) is 4.31 Å². The normalized spacial score (nSPS) is 24.1. The Bertz CT molecular complexity index is 555. The fourth-order valence-corrected chi connectivity index (χ4v) is 4.04. The van der Waals surface area contributed by atoms with Crippen LogP contribution in [-0.4, -0.2) is 38.4 Å². The number of hydrogen-bond acceptors (Lipinski definition) is 4. The molecule has 1 atom stereocenters. The van der Waals surface area contributed by atoms with Crippen molar-refractivity contribution in [3.63, 3.8) is 0 Å². The molecule has 20 heavy (non-hydrogen) atoms. The number of sulfonamides is 1. The third-order valence-electron chi connectivity index (χ3n) is 3.43. The smallest absolute Gasteiger partial charge is 0.247 e. The molecule has 112 valence electrons. The summed E-state index contributed by atoms with van der Waals surface area (Å²) in [7, 11) is -3.61. The van der Waals surface area contributed by atoms with Gasteiger partial charge in [0, 0.05) is 19.6 Å². The third-order valence-corrected chi connectivity index (χ3v) is 5.34. The molecule has 1 unspecified atom stereocenters. The summed E-state index contributed by atoms with van der Waals surface area (Å²) < 4.78 is 38.1. The maximum atomic E-state index is 12.8. The fourth-order valence-electron chi connectivity index (χ4n) is 2.39. The second-order valence-electron chi connectivity index (χ2n) is 4.74. The first-order valence-electron chi connectivity index (χ1n) is 6.83. The van der Waals surface area contributed by atoms with Crippen LogP contribution >= 0.6 is 0 Å². The van der Waals surface area contributed by atoms with Crippen LogP contribution in [0.5, 0.6) is 0 Å². The molecule has 0 spiro atoms. The Morgan fingerprint density at radius 1 is 1.30 bits per heavy atom. The molecule has 1 aliphatic rings. The molecule has 0 saturated carbocycles. The summed E-state index contributed by atoms with van der Waals surface area (Å²) in [5, 5.41) is 0. The molecule has 2 rings (SSSR count). The van der Waals surface area contributed by atoms with Crippen molar-refractivity contribution < 1.29 is 17.9 Å². The van der Waals surface area contributed by atoms with Crippen molar-refractivity contribution in [2.24, 2.45) is 0 Å². The summed E-state index contributed by atoms with van der Waals surface area (Å²) in [6.45, 7) is 6.66. The molecule has 0 aromatic heterocycles. The van der Waals surface area contributed by atoms with Crippen molar-refractivity contribution in [3.05, 3.63) is 29.8 Å². The first-order valence-corrected chi connectivity index (χ1v) is 8.27. The summed E-state index contributed by atoms with van der Waals surface area (Å²) >= 11 is 0. The molecule has 0 aliphatic carbocycles. The Balaban J connectivity index is 2.39. The van der Waals surface area contributed by atoms with Gasteiger partial charge in [0.2, 0.25) is 15.9 Å². The molecule has 6 heteroatoms. The number of rotatable bonds is 5. The van der Waals surface area contributed by atoms with Crippen molar-refractivity contribution in [3.8, 4) is 0 Å². The molecule has 1 aromatic carbocycles. The van der Waals surface area contributed by atoms with Crippen LogP contribution < -0.4 is 0 Å². The third kappa shape index (κ3) is 2.61. The van der Waals surface area contributed by atoms with Gasteiger partial charge in [-0.05, 0) is 26.0 Å². The monoisotopic (exact) mass is 299 g/mol. The Hall–Kier alpha value is -0.950. The lowest BCUT2D eigenvalue weighted by molar-refractivity contribution is -0.253. The number of benzene rings is 1. The van der Waals surface area contributed by atoms with E-state index in [4.69, 9.17) is 9.47 Å². The average molecular weight is 299 g/mol. The number of hydrogen-bond donors (Lipinski definition) is 0. The van der Waals surface area contributed by atoms with Crippen LogP contribution in [0, 0.1) is 6.92 Å². The van der Waals surface area contributed by atoms with Gasteiger partial charge in [-0.2, -0.15) is 0 Å². The zero-order valence-electron chi connectivity index (χ0n) is 12.1. The molecular formula is C14H21NO4S. The summed E-state index contributed by atoms with van der Waals surface area (Å²) in [6.07, 6.45) is 0.450. The summed E-state index contributed by atoms with van der Waals surface area (Å²) in [4.78, 5) is 0.270. The van der Waals surface area contributed by atoms with Gasteiger partial charge in [0.25, 0.3) is 0 Å². The lowest BCUT2D eigenvalue weighted by atomic mass is 10.2. The Morgan fingerprint density at radius 2 is 1.95 bits per heavy atom. The SMILES string of the molecule is CCOC1(CC)OCCN1S(=O)(=O)c1ccc(C)cc1. The van der Waals surface area contributed by atoms with Crippen molar-refractivity contribution in [2.45, 2.75) is 38.0 Å². The highest BCUT2D eigenvalue weighted by Crippen LogP contribution is 2.33. The van der Waals surface area contributed by atoms with E-state index in [1.54, 1.807) is 24.3 Å². The average Bonchev–Trinajstić information content (AvgIpc) is 2.85. The van der Waals surface area contributed by atoms with E-state index >= 15 is 0 Å². The second-order valence-corrected chi connectivity index (χ2v) is 6.60. The minimum atomic E-state index is -3.61. The van der Waals surface area contributed by atoms with Crippen LogP contribution in [0.25, 0.3) is 0 Å². The fraction of sp³-hybridized carbons (Fsp3) is 0.571. The van der Waals surface area contributed by atoms with E-state index in [1.807, 2.05) is 20.8 Å². The van der Waals surface area contributed by atoms with Gasteiger partial charge in [-0.1, -0.05) is 24.6 Å². The van der Waals surface area contributed by atoms with Gasteiger partial charge in [0.1, 0.15) is 0 Å².